The standard InChI is InChI=1S/C24H26N6O3/c1-15(29(3)4)19-13-30(14-25-19)20-12-11-18(24(27-20)32-5)26-23(31)21-16(2)33-28-22(21)17-9-7-6-8-10-17/h6-15H,1-5H3,(H,26,31). The van der Waals surface area contributed by atoms with Crippen LogP contribution in [0.5, 0.6) is 5.88 Å². The number of ether oxygens (including phenoxy) is 1. The molecular weight excluding hydrogens is 420 g/mol. The first-order valence-corrected chi connectivity index (χ1v) is 10.5. The highest BCUT2D eigenvalue weighted by molar-refractivity contribution is 6.09. The van der Waals surface area contributed by atoms with Crippen molar-refractivity contribution in [3.63, 3.8) is 0 Å². The predicted octanol–water partition coefficient (Wildman–Crippen LogP) is 4.11. The van der Waals surface area contributed by atoms with Crippen LogP contribution in [0.15, 0.2) is 59.5 Å². The second kappa shape index (κ2) is 9.25. The highest BCUT2D eigenvalue weighted by Gasteiger charge is 2.23. The topological polar surface area (TPSA) is 98.3 Å². The number of amides is 1. The van der Waals surface area contributed by atoms with E-state index in [4.69, 9.17) is 9.26 Å². The molecule has 0 spiro atoms. The van der Waals surface area contributed by atoms with E-state index in [9.17, 15) is 4.79 Å². The van der Waals surface area contributed by atoms with E-state index in [0.29, 0.717) is 28.5 Å². The normalized spacial score (nSPS) is 12.1. The molecule has 4 rings (SSSR count). The molecule has 4 aromatic rings. The largest absolute Gasteiger partial charge is 0.479 e. The van der Waals surface area contributed by atoms with Gasteiger partial charge in [0.1, 0.15) is 34.9 Å². The molecule has 33 heavy (non-hydrogen) atoms. The Labute approximate surface area is 192 Å². The van der Waals surface area contributed by atoms with Gasteiger partial charge in [0.2, 0.25) is 5.88 Å². The van der Waals surface area contributed by atoms with Gasteiger partial charge in [0.05, 0.1) is 18.8 Å². The van der Waals surface area contributed by atoms with Crippen molar-refractivity contribution in [3.05, 3.63) is 72.0 Å². The Kier molecular flexibility index (Phi) is 6.23. The smallest absolute Gasteiger partial charge is 0.261 e. The van der Waals surface area contributed by atoms with E-state index in [0.717, 1.165) is 11.3 Å². The van der Waals surface area contributed by atoms with Gasteiger partial charge in [-0.05, 0) is 40.1 Å². The van der Waals surface area contributed by atoms with Crippen LogP contribution >= 0.6 is 0 Å². The second-order valence-corrected chi connectivity index (χ2v) is 7.85. The highest BCUT2D eigenvalue weighted by Crippen LogP contribution is 2.29. The van der Waals surface area contributed by atoms with Crippen molar-refractivity contribution in [1.82, 2.24) is 24.6 Å². The lowest BCUT2D eigenvalue weighted by Gasteiger charge is -2.17. The van der Waals surface area contributed by atoms with Crippen molar-refractivity contribution in [2.75, 3.05) is 26.5 Å². The van der Waals surface area contributed by atoms with Crippen LogP contribution in [0.4, 0.5) is 5.69 Å². The quantitative estimate of drug-likeness (QED) is 0.456. The van der Waals surface area contributed by atoms with E-state index in [1.807, 2.05) is 55.2 Å². The van der Waals surface area contributed by atoms with Gasteiger partial charge in [0.15, 0.2) is 0 Å². The van der Waals surface area contributed by atoms with E-state index in [2.05, 4.69) is 32.3 Å². The molecule has 0 aliphatic carbocycles. The summed E-state index contributed by atoms with van der Waals surface area (Å²) in [6.45, 7) is 3.79. The monoisotopic (exact) mass is 446 g/mol. The van der Waals surface area contributed by atoms with Crippen molar-refractivity contribution in [2.45, 2.75) is 19.9 Å². The zero-order chi connectivity index (χ0) is 23.5. The first-order valence-electron chi connectivity index (χ1n) is 10.5. The van der Waals surface area contributed by atoms with Crippen molar-refractivity contribution < 1.29 is 14.1 Å². The lowest BCUT2D eigenvalue weighted by molar-refractivity contribution is 0.102. The molecule has 1 unspecified atom stereocenters. The number of hydrogen-bond acceptors (Lipinski definition) is 7. The molecule has 0 saturated heterocycles. The zero-order valence-electron chi connectivity index (χ0n) is 19.2. The minimum Gasteiger partial charge on any atom is -0.479 e. The number of methoxy groups -OCH3 is 1. The van der Waals surface area contributed by atoms with E-state index >= 15 is 0 Å². The summed E-state index contributed by atoms with van der Waals surface area (Å²) in [6.07, 6.45) is 3.64. The van der Waals surface area contributed by atoms with Crippen LogP contribution in [0.3, 0.4) is 0 Å². The fourth-order valence-electron chi connectivity index (χ4n) is 3.39. The van der Waals surface area contributed by atoms with Gasteiger partial charge >= 0.3 is 0 Å². The molecule has 1 aromatic carbocycles. The summed E-state index contributed by atoms with van der Waals surface area (Å²) in [5, 5.41) is 6.95. The predicted molar refractivity (Wildman–Crippen MR) is 125 cm³/mol. The van der Waals surface area contributed by atoms with Gasteiger partial charge in [-0.25, -0.2) is 4.98 Å². The molecule has 3 heterocycles. The number of carbonyl (C=O) groups is 1. The van der Waals surface area contributed by atoms with Gasteiger partial charge in [-0.2, -0.15) is 4.98 Å². The van der Waals surface area contributed by atoms with Crippen LogP contribution in [0.25, 0.3) is 17.1 Å². The zero-order valence-corrected chi connectivity index (χ0v) is 19.2. The molecule has 0 fully saturated rings. The van der Waals surface area contributed by atoms with Crippen molar-refractivity contribution in [2.24, 2.45) is 0 Å². The highest BCUT2D eigenvalue weighted by atomic mass is 16.5. The molecule has 0 saturated carbocycles. The summed E-state index contributed by atoms with van der Waals surface area (Å²) in [5.41, 5.74) is 3.00. The first-order chi connectivity index (χ1) is 15.9. The summed E-state index contributed by atoms with van der Waals surface area (Å²) in [4.78, 5) is 24.2. The third-order valence-electron chi connectivity index (χ3n) is 5.49. The third kappa shape index (κ3) is 4.49. The number of anilines is 1. The number of imidazole rings is 1. The minimum absolute atomic E-state index is 0.164. The Morgan fingerprint density at radius 2 is 1.94 bits per heavy atom. The number of nitrogens with one attached hydrogen (secondary N) is 1. The van der Waals surface area contributed by atoms with Gasteiger partial charge in [0, 0.05) is 11.8 Å². The fourth-order valence-corrected chi connectivity index (χ4v) is 3.39. The van der Waals surface area contributed by atoms with Crippen molar-refractivity contribution in [3.8, 4) is 23.0 Å². The van der Waals surface area contributed by atoms with Crippen molar-refractivity contribution >= 4 is 11.6 Å². The molecule has 0 radical (unpaired) electrons. The lowest BCUT2D eigenvalue weighted by atomic mass is 10.1. The summed E-state index contributed by atoms with van der Waals surface area (Å²) in [5.74, 6) is 0.980. The molecule has 9 nitrogen and oxygen atoms in total. The van der Waals surface area contributed by atoms with Crippen LogP contribution in [0.1, 0.15) is 34.8 Å². The molecule has 0 bridgehead atoms. The SMILES string of the molecule is COc1nc(-n2cnc(C(C)N(C)C)c2)ccc1NC(=O)c1c(-c2ccccc2)noc1C. The Hall–Kier alpha value is -3.98. The Morgan fingerprint density at radius 3 is 2.64 bits per heavy atom. The van der Waals surface area contributed by atoms with Crippen LogP contribution in [-0.2, 0) is 0 Å². The lowest BCUT2D eigenvalue weighted by Crippen LogP contribution is -2.17. The third-order valence-corrected chi connectivity index (χ3v) is 5.49. The van der Waals surface area contributed by atoms with Crippen molar-refractivity contribution in [1.29, 1.82) is 0 Å². The maximum Gasteiger partial charge on any atom is 0.261 e. The number of aryl methyl sites for hydroxylation is 1. The number of carbonyl (C=O) groups excluding carboxylic acids is 1. The first kappa shape index (κ1) is 22.2. The summed E-state index contributed by atoms with van der Waals surface area (Å²) in [6, 6.07) is 13.1. The van der Waals surface area contributed by atoms with E-state index in [1.165, 1.54) is 7.11 Å². The van der Waals surface area contributed by atoms with Crippen LogP contribution < -0.4 is 10.1 Å². The number of aromatic nitrogens is 4. The summed E-state index contributed by atoms with van der Waals surface area (Å²) >= 11 is 0. The van der Waals surface area contributed by atoms with Gasteiger partial charge in [-0.1, -0.05) is 35.5 Å². The summed E-state index contributed by atoms with van der Waals surface area (Å²) in [7, 11) is 5.51. The molecule has 1 N–H and O–H groups in total. The number of nitrogens with zero attached hydrogens (tertiary/aromatic N) is 5. The molecule has 0 aliphatic heterocycles. The fraction of sp³-hybridized carbons (Fsp3) is 0.250. The van der Waals surface area contributed by atoms with Gasteiger partial charge in [-0.3, -0.25) is 9.36 Å². The molecule has 170 valence electrons. The molecule has 1 amide bonds. The summed E-state index contributed by atoms with van der Waals surface area (Å²) < 4.78 is 12.6. The molecular formula is C24H26N6O3. The molecule has 9 heteroatoms. The maximum absolute atomic E-state index is 13.1. The average molecular weight is 447 g/mol. The Balaban J connectivity index is 1.60. The van der Waals surface area contributed by atoms with E-state index < -0.39 is 0 Å². The number of pyridine rings is 1. The minimum atomic E-state index is -0.356. The Bertz CT molecular complexity index is 1260. The number of rotatable bonds is 7. The van der Waals surface area contributed by atoms with Gasteiger partial charge in [-0.15, -0.1) is 0 Å². The van der Waals surface area contributed by atoms with Gasteiger partial charge in [0.25, 0.3) is 5.91 Å². The van der Waals surface area contributed by atoms with E-state index in [1.54, 1.807) is 25.4 Å². The second-order valence-electron chi connectivity index (χ2n) is 7.85. The average Bonchev–Trinajstić information content (AvgIpc) is 3.46. The Morgan fingerprint density at radius 1 is 1.18 bits per heavy atom. The maximum atomic E-state index is 13.1. The van der Waals surface area contributed by atoms with Crippen LogP contribution in [0.2, 0.25) is 0 Å². The molecule has 3 aromatic heterocycles. The number of benzene rings is 1. The molecule has 0 aliphatic rings. The van der Waals surface area contributed by atoms with Crippen LogP contribution in [-0.4, -0.2) is 51.7 Å². The number of hydrogen-bond donors (Lipinski definition) is 1. The van der Waals surface area contributed by atoms with E-state index in [-0.39, 0.29) is 17.8 Å². The van der Waals surface area contributed by atoms with Crippen LogP contribution in [0, 0.1) is 6.92 Å². The van der Waals surface area contributed by atoms with Gasteiger partial charge < -0.3 is 19.5 Å². The molecule has 1 atom stereocenters.